The number of anilines is 1. The summed E-state index contributed by atoms with van der Waals surface area (Å²) in [5.41, 5.74) is 4.52. The van der Waals surface area contributed by atoms with Crippen LogP contribution in [0.4, 0.5) is 5.69 Å². The molecule has 3 aromatic heterocycles. The van der Waals surface area contributed by atoms with Gasteiger partial charge in [0, 0.05) is 17.8 Å². The summed E-state index contributed by atoms with van der Waals surface area (Å²) < 4.78 is 7.53. The molecule has 4 rings (SSSR count). The first-order chi connectivity index (χ1) is 13.1. The Morgan fingerprint density at radius 3 is 2.81 bits per heavy atom. The van der Waals surface area contributed by atoms with E-state index in [4.69, 9.17) is 4.42 Å². The van der Waals surface area contributed by atoms with Crippen LogP contribution < -0.4 is 5.32 Å². The van der Waals surface area contributed by atoms with Gasteiger partial charge < -0.3 is 9.73 Å². The first kappa shape index (κ1) is 17.6. The number of hydrogen-bond acceptors (Lipinski definition) is 5. The molecule has 1 aromatic carbocycles. The number of amides is 1. The van der Waals surface area contributed by atoms with Crippen molar-refractivity contribution in [3.8, 4) is 0 Å². The zero-order valence-electron chi connectivity index (χ0n) is 15.4. The molecule has 0 saturated heterocycles. The zero-order chi connectivity index (χ0) is 19.0. The van der Waals surface area contributed by atoms with Gasteiger partial charge in [-0.1, -0.05) is 36.9 Å². The van der Waals surface area contributed by atoms with Gasteiger partial charge in [-0.25, -0.2) is 0 Å². The highest BCUT2D eigenvalue weighted by Gasteiger charge is 2.22. The van der Waals surface area contributed by atoms with Gasteiger partial charge in [0.15, 0.2) is 5.58 Å². The topological polar surface area (TPSA) is 72.4 Å². The summed E-state index contributed by atoms with van der Waals surface area (Å²) in [7, 11) is 0. The van der Waals surface area contributed by atoms with E-state index in [1.54, 1.807) is 6.26 Å². The van der Waals surface area contributed by atoms with Gasteiger partial charge in [-0.05, 0) is 31.9 Å². The molecule has 6 nitrogen and oxygen atoms in total. The lowest BCUT2D eigenvalue weighted by molar-refractivity contribution is -0.115. The van der Waals surface area contributed by atoms with Crippen LogP contribution in [0.2, 0.25) is 0 Å². The van der Waals surface area contributed by atoms with Gasteiger partial charge >= 0.3 is 0 Å². The summed E-state index contributed by atoms with van der Waals surface area (Å²) >= 11 is 1.43. The Balaban J connectivity index is 1.64. The summed E-state index contributed by atoms with van der Waals surface area (Å²) in [6, 6.07) is 11.6. The lowest BCUT2D eigenvalue weighted by atomic mass is 10.2. The molecule has 0 aliphatic rings. The van der Waals surface area contributed by atoms with E-state index < -0.39 is 0 Å². The summed E-state index contributed by atoms with van der Waals surface area (Å²) in [5, 5.41) is 12.1. The number of nitrogens with zero attached hydrogens (tertiary/aromatic N) is 3. The lowest BCUT2D eigenvalue weighted by Crippen LogP contribution is -2.25. The molecule has 0 saturated carbocycles. The summed E-state index contributed by atoms with van der Waals surface area (Å²) in [4.78, 5) is 12.8. The first-order valence-corrected chi connectivity index (χ1v) is 9.71. The maximum absolute atomic E-state index is 12.8. The number of aromatic nitrogens is 3. The number of thioether (sulfide) groups is 1. The van der Waals surface area contributed by atoms with E-state index in [-0.39, 0.29) is 11.2 Å². The predicted molar refractivity (Wildman–Crippen MR) is 107 cm³/mol. The van der Waals surface area contributed by atoms with E-state index in [0.717, 1.165) is 38.7 Å². The monoisotopic (exact) mass is 380 g/mol. The van der Waals surface area contributed by atoms with E-state index in [2.05, 4.69) is 15.5 Å². The number of aryl methyl sites for hydroxylation is 2. The molecule has 27 heavy (non-hydrogen) atoms. The molecule has 4 aromatic rings. The lowest BCUT2D eigenvalue weighted by Gasteiger charge is -2.16. The van der Waals surface area contributed by atoms with E-state index >= 15 is 0 Å². The smallest absolute Gasteiger partial charge is 0.237 e. The molecule has 138 valence electrons. The number of furan rings is 1. The van der Waals surface area contributed by atoms with Crippen LogP contribution in [0.15, 0.2) is 52.1 Å². The van der Waals surface area contributed by atoms with E-state index in [0.29, 0.717) is 6.42 Å². The standard InChI is InChI=1S/C20H20N4O2S/c1-4-18(19(25)21-14-8-6-5-7-12(14)2)27-20-16-11-17-15(9-10-26-17)24(16)13(3)22-23-20/h5-11,18H,4H2,1-3H3,(H,21,25)/t18-/m1/s1. The fourth-order valence-electron chi connectivity index (χ4n) is 3.11. The molecule has 0 bridgehead atoms. The zero-order valence-corrected chi connectivity index (χ0v) is 16.2. The molecule has 0 aliphatic carbocycles. The van der Waals surface area contributed by atoms with Crippen LogP contribution in [0, 0.1) is 13.8 Å². The normalized spacial score (nSPS) is 12.6. The fraction of sp³-hybridized carbons (Fsp3) is 0.250. The average Bonchev–Trinajstić information content (AvgIpc) is 3.24. The minimum absolute atomic E-state index is 0.0347. The average molecular weight is 380 g/mol. The van der Waals surface area contributed by atoms with Crippen molar-refractivity contribution >= 4 is 40.0 Å². The Labute approximate surface area is 161 Å². The second-order valence-corrected chi connectivity index (χ2v) is 7.60. The number of fused-ring (bicyclic) bond motifs is 3. The molecule has 1 N–H and O–H groups in total. The van der Waals surface area contributed by atoms with E-state index in [1.165, 1.54) is 11.8 Å². The number of carbonyl (C=O) groups excluding carboxylic acids is 1. The maximum Gasteiger partial charge on any atom is 0.237 e. The Bertz CT molecular complexity index is 1130. The van der Waals surface area contributed by atoms with Crippen LogP contribution in [0.1, 0.15) is 24.7 Å². The molecule has 7 heteroatoms. The highest BCUT2D eigenvalue weighted by molar-refractivity contribution is 8.00. The number of nitrogens with one attached hydrogen (secondary N) is 1. The molecule has 0 radical (unpaired) electrons. The van der Waals surface area contributed by atoms with E-state index in [1.807, 2.05) is 61.6 Å². The summed E-state index contributed by atoms with van der Waals surface area (Å²) in [6.07, 6.45) is 2.34. The largest absolute Gasteiger partial charge is 0.463 e. The minimum Gasteiger partial charge on any atom is -0.463 e. The Morgan fingerprint density at radius 1 is 1.22 bits per heavy atom. The van der Waals surface area contributed by atoms with Crippen LogP contribution >= 0.6 is 11.8 Å². The van der Waals surface area contributed by atoms with Crippen LogP contribution in [0.3, 0.4) is 0 Å². The summed E-state index contributed by atoms with van der Waals surface area (Å²) in [6.45, 7) is 5.88. The number of para-hydroxylation sites is 1. The SMILES string of the molecule is CC[C@@H](Sc1nnc(C)n2c1cc1occc12)C(=O)Nc1ccccc1C. The van der Waals surface area contributed by atoms with Crippen LogP contribution in [-0.4, -0.2) is 25.8 Å². The molecular weight excluding hydrogens is 360 g/mol. The van der Waals surface area contributed by atoms with Gasteiger partial charge in [0.1, 0.15) is 10.9 Å². The Morgan fingerprint density at radius 2 is 2.04 bits per heavy atom. The predicted octanol–water partition coefficient (Wildman–Crippen LogP) is 4.60. The van der Waals surface area contributed by atoms with Crippen LogP contribution in [0.5, 0.6) is 0 Å². The molecule has 1 amide bonds. The third-order valence-corrected chi connectivity index (χ3v) is 5.92. The second kappa shape index (κ2) is 7.08. The maximum atomic E-state index is 12.8. The first-order valence-electron chi connectivity index (χ1n) is 8.83. The molecule has 0 spiro atoms. The van der Waals surface area contributed by atoms with Crippen molar-refractivity contribution < 1.29 is 9.21 Å². The van der Waals surface area contributed by atoms with Crippen molar-refractivity contribution in [3.05, 3.63) is 54.0 Å². The van der Waals surface area contributed by atoms with Gasteiger partial charge in [-0.3, -0.25) is 9.20 Å². The third-order valence-electron chi connectivity index (χ3n) is 4.57. The highest BCUT2D eigenvalue weighted by Crippen LogP contribution is 2.32. The number of hydrogen-bond donors (Lipinski definition) is 1. The molecular formula is C20H20N4O2S. The van der Waals surface area contributed by atoms with Gasteiger partial charge in [-0.2, -0.15) is 0 Å². The van der Waals surface area contributed by atoms with Crippen LogP contribution in [-0.2, 0) is 4.79 Å². The van der Waals surface area contributed by atoms with Gasteiger partial charge in [0.2, 0.25) is 5.91 Å². The number of benzene rings is 1. The number of carbonyl (C=O) groups is 1. The quantitative estimate of drug-likeness (QED) is 0.512. The fourth-order valence-corrected chi connectivity index (χ4v) is 4.07. The Kier molecular flexibility index (Phi) is 4.61. The third kappa shape index (κ3) is 3.19. The van der Waals surface area contributed by atoms with E-state index in [9.17, 15) is 4.79 Å². The van der Waals surface area contributed by atoms with Crippen molar-refractivity contribution in [2.75, 3.05) is 5.32 Å². The van der Waals surface area contributed by atoms with Crippen molar-refractivity contribution in [3.63, 3.8) is 0 Å². The van der Waals surface area contributed by atoms with Gasteiger partial charge in [0.25, 0.3) is 0 Å². The highest BCUT2D eigenvalue weighted by atomic mass is 32.2. The van der Waals surface area contributed by atoms with Crippen molar-refractivity contribution in [1.82, 2.24) is 14.6 Å². The second-order valence-electron chi connectivity index (χ2n) is 6.41. The minimum atomic E-state index is -0.272. The van der Waals surface area contributed by atoms with Crippen molar-refractivity contribution in [1.29, 1.82) is 0 Å². The molecule has 0 aliphatic heterocycles. The number of rotatable bonds is 5. The Hall–Kier alpha value is -2.80. The van der Waals surface area contributed by atoms with Crippen molar-refractivity contribution in [2.45, 2.75) is 37.5 Å². The molecule has 1 atom stereocenters. The summed E-state index contributed by atoms with van der Waals surface area (Å²) in [5.74, 6) is 0.746. The molecule has 0 unspecified atom stereocenters. The molecule has 3 heterocycles. The van der Waals surface area contributed by atoms with Gasteiger partial charge in [0.05, 0.1) is 22.5 Å². The van der Waals surface area contributed by atoms with Crippen LogP contribution in [0.25, 0.3) is 16.6 Å². The van der Waals surface area contributed by atoms with Crippen molar-refractivity contribution in [2.24, 2.45) is 0 Å². The van der Waals surface area contributed by atoms with Gasteiger partial charge in [-0.15, -0.1) is 10.2 Å². The molecule has 0 fully saturated rings.